The molecule has 3 aliphatic rings. The summed E-state index contributed by atoms with van der Waals surface area (Å²) in [6, 6.07) is 12.0. The first-order valence-corrected chi connectivity index (χ1v) is 12.8. The number of amides is 3. The Labute approximate surface area is 215 Å². The molecule has 0 spiro atoms. The van der Waals surface area contributed by atoms with E-state index in [1.807, 2.05) is 37.3 Å². The molecule has 0 radical (unpaired) electrons. The van der Waals surface area contributed by atoms with Crippen molar-refractivity contribution in [1.82, 2.24) is 20.1 Å². The van der Waals surface area contributed by atoms with E-state index < -0.39 is 11.3 Å². The van der Waals surface area contributed by atoms with Crippen molar-refractivity contribution >= 4 is 34.6 Å². The van der Waals surface area contributed by atoms with Gasteiger partial charge < -0.3 is 19.1 Å². The molecule has 9 heteroatoms. The van der Waals surface area contributed by atoms with Gasteiger partial charge in [-0.3, -0.25) is 19.7 Å². The van der Waals surface area contributed by atoms with Crippen LogP contribution in [0.25, 0.3) is 11.1 Å². The van der Waals surface area contributed by atoms with Crippen molar-refractivity contribution in [2.75, 3.05) is 38.6 Å². The van der Waals surface area contributed by atoms with Gasteiger partial charge in [0.1, 0.15) is 22.5 Å². The summed E-state index contributed by atoms with van der Waals surface area (Å²) < 4.78 is 6.17. The minimum atomic E-state index is -1.30. The molecule has 37 heavy (non-hydrogen) atoms. The van der Waals surface area contributed by atoms with Crippen LogP contribution in [-0.2, 0) is 21.5 Å². The second-order valence-corrected chi connectivity index (χ2v) is 10.8. The van der Waals surface area contributed by atoms with Gasteiger partial charge in [-0.25, -0.2) is 4.98 Å². The van der Waals surface area contributed by atoms with Crippen LogP contribution in [0.15, 0.2) is 40.8 Å². The SMILES string of the molecule is Cc1ccc2c(c1)C(=O)N(CC1(c3cc4nc(N5CCC(N(C)C)CC5)ccc4o3)CC(=O)NC1=O)C2. The summed E-state index contributed by atoms with van der Waals surface area (Å²) in [4.78, 5) is 49.9. The largest absolute Gasteiger partial charge is 0.458 e. The third-order valence-corrected chi connectivity index (χ3v) is 8.10. The van der Waals surface area contributed by atoms with E-state index in [1.165, 1.54) is 0 Å². The van der Waals surface area contributed by atoms with E-state index in [2.05, 4.69) is 29.2 Å². The molecule has 3 aromatic rings. The summed E-state index contributed by atoms with van der Waals surface area (Å²) in [6.45, 7) is 4.24. The molecule has 3 aliphatic heterocycles. The van der Waals surface area contributed by atoms with Crippen molar-refractivity contribution in [2.24, 2.45) is 0 Å². The van der Waals surface area contributed by atoms with E-state index in [0.29, 0.717) is 35.0 Å². The lowest BCUT2D eigenvalue weighted by atomic mass is 9.82. The average molecular weight is 502 g/mol. The maximum atomic E-state index is 13.2. The fraction of sp³-hybridized carbons (Fsp3) is 0.429. The molecular weight excluding hydrogens is 470 g/mol. The molecule has 6 rings (SSSR count). The highest BCUT2D eigenvalue weighted by Crippen LogP contribution is 2.39. The van der Waals surface area contributed by atoms with E-state index >= 15 is 0 Å². The number of fused-ring (bicyclic) bond motifs is 2. The van der Waals surface area contributed by atoms with Gasteiger partial charge in [-0.05, 0) is 57.6 Å². The number of hydrogen-bond donors (Lipinski definition) is 1. The van der Waals surface area contributed by atoms with Gasteiger partial charge in [0.05, 0.1) is 6.42 Å². The maximum Gasteiger partial charge on any atom is 0.254 e. The van der Waals surface area contributed by atoms with Crippen LogP contribution >= 0.6 is 0 Å². The number of benzene rings is 1. The average Bonchev–Trinajstić information content (AvgIpc) is 3.53. The van der Waals surface area contributed by atoms with Crippen LogP contribution in [0.2, 0.25) is 0 Å². The van der Waals surface area contributed by atoms with E-state index in [-0.39, 0.29) is 24.8 Å². The second kappa shape index (κ2) is 8.69. The molecule has 1 N–H and O–H groups in total. The Morgan fingerprint density at radius 3 is 2.59 bits per heavy atom. The number of hydrogen-bond acceptors (Lipinski definition) is 7. The Bertz CT molecular complexity index is 1420. The van der Waals surface area contributed by atoms with E-state index in [0.717, 1.165) is 42.9 Å². The maximum absolute atomic E-state index is 13.2. The van der Waals surface area contributed by atoms with Gasteiger partial charge in [0.15, 0.2) is 5.58 Å². The van der Waals surface area contributed by atoms with Crippen LogP contribution in [0, 0.1) is 6.92 Å². The Balaban J connectivity index is 1.31. The highest BCUT2D eigenvalue weighted by atomic mass is 16.3. The number of imide groups is 1. The quantitative estimate of drug-likeness (QED) is 0.537. The molecule has 1 aromatic carbocycles. The number of carbonyl (C=O) groups excluding carboxylic acids is 3. The highest BCUT2D eigenvalue weighted by Gasteiger charge is 2.53. The fourth-order valence-electron chi connectivity index (χ4n) is 5.91. The van der Waals surface area contributed by atoms with Crippen molar-refractivity contribution < 1.29 is 18.8 Å². The zero-order chi connectivity index (χ0) is 25.9. The van der Waals surface area contributed by atoms with Crippen LogP contribution < -0.4 is 10.2 Å². The van der Waals surface area contributed by atoms with E-state index in [9.17, 15) is 14.4 Å². The lowest BCUT2D eigenvalue weighted by Gasteiger charge is -2.35. The van der Waals surface area contributed by atoms with E-state index in [4.69, 9.17) is 9.40 Å². The molecule has 5 heterocycles. The number of nitrogens with zero attached hydrogens (tertiary/aromatic N) is 4. The molecule has 192 valence electrons. The number of furan rings is 1. The van der Waals surface area contributed by atoms with Crippen molar-refractivity contribution in [3.8, 4) is 0 Å². The summed E-state index contributed by atoms with van der Waals surface area (Å²) in [6.07, 6.45) is 2.07. The van der Waals surface area contributed by atoms with Crippen LogP contribution in [0.5, 0.6) is 0 Å². The Morgan fingerprint density at radius 2 is 1.89 bits per heavy atom. The third-order valence-electron chi connectivity index (χ3n) is 8.10. The molecular formula is C28H31N5O4. The Hall–Kier alpha value is -3.72. The predicted molar refractivity (Wildman–Crippen MR) is 138 cm³/mol. The molecule has 2 fully saturated rings. The lowest BCUT2D eigenvalue weighted by molar-refractivity contribution is -0.127. The molecule has 0 bridgehead atoms. The van der Waals surface area contributed by atoms with E-state index in [1.54, 1.807) is 11.0 Å². The first-order chi connectivity index (χ1) is 17.7. The van der Waals surface area contributed by atoms with Crippen LogP contribution in [0.4, 0.5) is 5.82 Å². The minimum absolute atomic E-state index is 0.0574. The molecule has 2 aromatic heterocycles. The zero-order valence-corrected chi connectivity index (χ0v) is 21.4. The number of piperidine rings is 1. The molecule has 1 unspecified atom stereocenters. The summed E-state index contributed by atoms with van der Waals surface area (Å²) in [5.74, 6) is 0.286. The normalized spacial score (nSPS) is 22.4. The van der Waals surface area contributed by atoms with Crippen LogP contribution in [0.1, 0.15) is 46.5 Å². The second-order valence-electron chi connectivity index (χ2n) is 10.8. The van der Waals surface area contributed by atoms with Crippen LogP contribution in [0.3, 0.4) is 0 Å². The number of rotatable bonds is 5. The zero-order valence-electron chi connectivity index (χ0n) is 21.4. The molecule has 2 saturated heterocycles. The van der Waals surface area contributed by atoms with Gasteiger partial charge in [0.2, 0.25) is 11.8 Å². The topological polar surface area (TPSA) is 99.0 Å². The van der Waals surface area contributed by atoms with Crippen molar-refractivity contribution in [3.63, 3.8) is 0 Å². The Kier molecular flexibility index (Phi) is 5.56. The summed E-state index contributed by atoms with van der Waals surface area (Å²) in [7, 11) is 4.24. The molecule has 1 atom stereocenters. The predicted octanol–water partition coefficient (Wildman–Crippen LogP) is 2.61. The minimum Gasteiger partial charge on any atom is -0.458 e. The number of anilines is 1. The summed E-state index contributed by atoms with van der Waals surface area (Å²) >= 11 is 0. The van der Waals surface area contributed by atoms with Crippen molar-refractivity contribution in [3.05, 3.63) is 58.8 Å². The van der Waals surface area contributed by atoms with Gasteiger partial charge in [0.25, 0.3) is 5.91 Å². The first-order valence-electron chi connectivity index (χ1n) is 12.8. The van der Waals surface area contributed by atoms with Gasteiger partial charge in [-0.15, -0.1) is 0 Å². The number of pyridine rings is 1. The lowest BCUT2D eigenvalue weighted by Crippen LogP contribution is -2.46. The van der Waals surface area contributed by atoms with Gasteiger partial charge in [-0.2, -0.15) is 0 Å². The van der Waals surface area contributed by atoms with Gasteiger partial charge in [-0.1, -0.05) is 17.7 Å². The summed E-state index contributed by atoms with van der Waals surface area (Å²) in [5, 5.41) is 2.44. The fourth-order valence-corrected chi connectivity index (χ4v) is 5.91. The number of aryl methyl sites for hydroxylation is 1. The monoisotopic (exact) mass is 501 g/mol. The number of carbonyl (C=O) groups is 3. The van der Waals surface area contributed by atoms with Gasteiger partial charge in [0, 0.05) is 43.9 Å². The van der Waals surface area contributed by atoms with Crippen LogP contribution in [-0.4, -0.2) is 72.3 Å². The number of aromatic nitrogens is 1. The highest BCUT2D eigenvalue weighted by molar-refractivity contribution is 6.10. The third kappa shape index (κ3) is 3.98. The first kappa shape index (κ1) is 23.7. The molecule has 0 saturated carbocycles. The standard InChI is InChI=1S/C28H31N5O4/c1-17-4-5-18-15-33(26(35)20(18)12-17)16-28(14-25(34)30-27(28)36)23-13-21-22(37-23)6-7-24(29-21)32-10-8-19(9-11-32)31(2)3/h4-7,12-13,19H,8-11,14-16H2,1-3H3,(H,30,34,36). The smallest absolute Gasteiger partial charge is 0.254 e. The van der Waals surface area contributed by atoms with Crippen molar-refractivity contribution in [1.29, 1.82) is 0 Å². The van der Waals surface area contributed by atoms with Crippen molar-refractivity contribution in [2.45, 2.75) is 44.2 Å². The molecule has 0 aliphatic carbocycles. The number of nitrogens with one attached hydrogen (secondary N) is 1. The molecule has 3 amide bonds. The van der Waals surface area contributed by atoms with Gasteiger partial charge >= 0.3 is 0 Å². The summed E-state index contributed by atoms with van der Waals surface area (Å²) in [5.41, 5.74) is 2.47. The molecule has 9 nitrogen and oxygen atoms in total. The Morgan fingerprint density at radius 1 is 1.11 bits per heavy atom.